The zero-order chi connectivity index (χ0) is 32.1. The maximum Gasteiger partial charge on any atom is 0.408 e. The van der Waals surface area contributed by atoms with E-state index in [9.17, 15) is 34.4 Å². The molecule has 238 valence electrons. The van der Waals surface area contributed by atoms with Crippen molar-refractivity contribution in [3.8, 4) is 5.75 Å². The largest absolute Gasteiger partial charge is 0.497 e. The first-order chi connectivity index (χ1) is 21.0. The molecule has 4 rings (SSSR count). The molecule has 13 nitrogen and oxygen atoms in total. The van der Waals surface area contributed by atoms with Gasteiger partial charge in [0.1, 0.15) is 24.5 Å². The van der Waals surface area contributed by atoms with Crippen molar-refractivity contribution in [2.45, 2.75) is 76.5 Å². The predicted molar refractivity (Wildman–Crippen MR) is 156 cm³/mol. The number of nitrogens with one attached hydrogen (secondary N) is 1. The first-order valence-corrected chi connectivity index (χ1v) is 14.5. The average Bonchev–Trinajstić information content (AvgIpc) is 3.04. The monoisotopic (exact) mass is 614 g/mol. The minimum Gasteiger partial charge on any atom is -0.497 e. The molecule has 2 fully saturated rings. The molecule has 0 bridgehead atoms. The lowest BCUT2D eigenvalue weighted by molar-refractivity contribution is -0.384. The Hall–Kier alpha value is -4.68. The number of esters is 1. The van der Waals surface area contributed by atoms with Crippen molar-refractivity contribution in [2.24, 2.45) is 11.8 Å². The van der Waals surface area contributed by atoms with Crippen LogP contribution in [0.1, 0.15) is 68.9 Å². The van der Waals surface area contributed by atoms with Gasteiger partial charge in [-0.25, -0.2) is 9.59 Å². The van der Waals surface area contributed by atoms with E-state index in [0.717, 1.165) is 25.7 Å². The number of benzene rings is 2. The Balaban J connectivity index is 0.000000502. The van der Waals surface area contributed by atoms with Gasteiger partial charge in [0.25, 0.3) is 5.69 Å². The number of amides is 1. The first-order valence-electron chi connectivity index (χ1n) is 14.5. The Labute approximate surface area is 254 Å². The fraction of sp³-hybridized carbons (Fsp3) is 0.484. The first kappa shape index (κ1) is 33.8. The third-order valence-corrected chi connectivity index (χ3v) is 7.92. The van der Waals surface area contributed by atoms with Crippen LogP contribution in [0.25, 0.3) is 0 Å². The Morgan fingerprint density at radius 2 is 1.32 bits per heavy atom. The van der Waals surface area contributed by atoms with E-state index < -0.39 is 40.4 Å². The molecule has 0 radical (unpaired) electrons. The third-order valence-electron chi connectivity index (χ3n) is 7.92. The van der Waals surface area contributed by atoms with Gasteiger partial charge in [0.2, 0.25) is 0 Å². The summed E-state index contributed by atoms with van der Waals surface area (Å²) < 4.78 is 15.8. The van der Waals surface area contributed by atoms with Gasteiger partial charge < -0.3 is 29.7 Å². The normalized spacial score (nSPS) is 19.8. The molecular weight excluding hydrogens is 576 g/mol. The average molecular weight is 615 g/mol. The quantitative estimate of drug-likeness (QED) is 0.180. The Bertz CT molecular complexity index is 1280. The summed E-state index contributed by atoms with van der Waals surface area (Å²) in [6.45, 7) is -0.203. The smallest absolute Gasteiger partial charge is 0.408 e. The summed E-state index contributed by atoms with van der Waals surface area (Å²) >= 11 is 0. The minimum atomic E-state index is -1.43. The molecule has 0 aromatic heterocycles. The topological polar surface area (TPSA) is 192 Å². The van der Waals surface area contributed by atoms with Gasteiger partial charge in [-0.2, -0.15) is 0 Å². The van der Waals surface area contributed by atoms with E-state index in [1.807, 2.05) is 0 Å². The molecule has 0 unspecified atom stereocenters. The zero-order valence-electron chi connectivity index (χ0n) is 24.6. The number of nitrogens with zero attached hydrogens (tertiary/aromatic N) is 1. The van der Waals surface area contributed by atoms with Crippen LogP contribution in [0.3, 0.4) is 0 Å². The summed E-state index contributed by atoms with van der Waals surface area (Å²) in [6.07, 6.45) is 4.91. The molecule has 0 heterocycles. The van der Waals surface area contributed by atoms with Crippen molar-refractivity contribution >= 4 is 29.7 Å². The molecule has 1 amide bonds. The maximum absolute atomic E-state index is 13.1. The number of aliphatic carboxylic acids is 2. The van der Waals surface area contributed by atoms with Crippen LogP contribution in [0.15, 0.2) is 48.5 Å². The van der Waals surface area contributed by atoms with Gasteiger partial charge in [0.05, 0.1) is 23.9 Å². The Kier molecular flexibility index (Phi) is 12.5. The van der Waals surface area contributed by atoms with E-state index >= 15 is 0 Å². The molecule has 2 saturated carbocycles. The number of carboxylic acid groups (broad SMARTS) is 2. The number of hydrogen-bond acceptors (Lipinski definition) is 9. The van der Waals surface area contributed by atoms with E-state index in [1.54, 1.807) is 31.4 Å². The molecule has 0 atom stereocenters. The molecule has 2 aromatic rings. The third kappa shape index (κ3) is 9.96. The predicted octanol–water partition coefficient (Wildman–Crippen LogP) is 5.24. The molecule has 2 aliphatic carbocycles. The van der Waals surface area contributed by atoms with Gasteiger partial charge in [-0.05, 0) is 73.9 Å². The van der Waals surface area contributed by atoms with Gasteiger partial charge in [0, 0.05) is 12.1 Å². The zero-order valence-corrected chi connectivity index (χ0v) is 24.6. The van der Waals surface area contributed by atoms with E-state index in [1.165, 1.54) is 30.7 Å². The van der Waals surface area contributed by atoms with E-state index in [0.29, 0.717) is 16.9 Å². The fourth-order valence-corrected chi connectivity index (χ4v) is 5.19. The lowest BCUT2D eigenvalue weighted by Crippen LogP contribution is -2.57. The highest BCUT2D eigenvalue weighted by atomic mass is 16.6. The summed E-state index contributed by atoms with van der Waals surface area (Å²) in [5.41, 5.74) is -0.275. The number of methoxy groups -OCH3 is 1. The highest BCUT2D eigenvalue weighted by molar-refractivity contribution is 5.86. The number of ether oxygens (including phenoxy) is 3. The number of rotatable bonds is 10. The van der Waals surface area contributed by atoms with Crippen LogP contribution >= 0.6 is 0 Å². The molecular formula is C31H38N2O11. The van der Waals surface area contributed by atoms with Crippen LogP contribution < -0.4 is 10.1 Å². The van der Waals surface area contributed by atoms with Gasteiger partial charge >= 0.3 is 24.0 Å². The van der Waals surface area contributed by atoms with Crippen LogP contribution in [0.5, 0.6) is 5.75 Å². The number of carbonyl (C=O) groups is 4. The number of nitro benzene ring substituents is 1. The highest BCUT2D eigenvalue weighted by Gasteiger charge is 2.46. The molecule has 13 heteroatoms. The van der Waals surface area contributed by atoms with Gasteiger partial charge in [0.15, 0.2) is 0 Å². The number of alkyl carbamates (subject to hydrolysis) is 1. The van der Waals surface area contributed by atoms with Crippen LogP contribution in [0, 0.1) is 22.0 Å². The number of carboxylic acids is 2. The summed E-state index contributed by atoms with van der Waals surface area (Å²) in [5, 5.41) is 31.2. The molecule has 0 aliphatic heterocycles. The van der Waals surface area contributed by atoms with E-state index in [4.69, 9.17) is 19.3 Å². The van der Waals surface area contributed by atoms with Crippen molar-refractivity contribution in [1.29, 1.82) is 0 Å². The van der Waals surface area contributed by atoms with Gasteiger partial charge in [-0.3, -0.25) is 19.7 Å². The van der Waals surface area contributed by atoms with Crippen molar-refractivity contribution in [3.63, 3.8) is 0 Å². The highest BCUT2D eigenvalue weighted by Crippen LogP contribution is 2.34. The summed E-state index contributed by atoms with van der Waals surface area (Å²) in [4.78, 5) is 57.6. The van der Waals surface area contributed by atoms with Gasteiger partial charge in [-0.15, -0.1) is 0 Å². The van der Waals surface area contributed by atoms with Crippen molar-refractivity contribution in [2.75, 3.05) is 7.11 Å². The molecule has 2 aliphatic rings. The second kappa shape index (κ2) is 16.2. The molecule has 2 aromatic carbocycles. The SMILES string of the molecule is COc1ccc(COC(=O)C2(NC(=O)OCc3ccc([N+](=O)[O-])cc3)CCC(C(=O)O)CC2)cc1.O=C(O)C1CCCCC1. The minimum absolute atomic E-state index is 0.0289. The number of hydrogen-bond donors (Lipinski definition) is 3. The lowest BCUT2D eigenvalue weighted by Gasteiger charge is -2.37. The Morgan fingerprint density at radius 1 is 0.818 bits per heavy atom. The summed E-state index contributed by atoms with van der Waals surface area (Å²) in [5.74, 6) is -2.22. The van der Waals surface area contributed by atoms with Crippen LogP contribution in [0.4, 0.5) is 10.5 Å². The molecule has 0 saturated heterocycles. The van der Waals surface area contributed by atoms with Crippen LogP contribution in [-0.2, 0) is 37.1 Å². The number of nitro groups is 1. The molecule has 44 heavy (non-hydrogen) atoms. The Morgan fingerprint density at radius 3 is 1.80 bits per heavy atom. The van der Waals surface area contributed by atoms with Crippen LogP contribution in [0.2, 0.25) is 0 Å². The summed E-state index contributed by atoms with van der Waals surface area (Å²) in [7, 11) is 1.54. The van der Waals surface area contributed by atoms with E-state index in [2.05, 4.69) is 5.32 Å². The molecule has 0 spiro atoms. The fourth-order valence-electron chi connectivity index (χ4n) is 5.19. The van der Waals surface area contributed by atoms with Crippen molar-refractivity contribution in [3.05, 3.63) is 69.8 Å². The van der Waals surface area contributed by atoms with Crippen molar-refractivity contribution < 1.29 is 48.5 Å². The summed E-state index contributed by atoms with van der Waals surface area (Å²) in [6, 6.07) is 12.4. The second-order valence-corrected chi connectivity index (χ2v) is 10.9. The standard InChI is InChI=1S/C24H26N2O9.C7H12O2/c1-33-20-8-4-17(5-9-20)14-34-22(29)24(12-10-18(11-13-24)21(27)28)25-23(30)35-15-16-2-6-19(7-3-16)26(31)32;8-7(9)6-4-2-1-3-5-6/h2-9,18H,10-15H2,1H3,(H,25,30)(H,27,28);6H,1-5H2,(H,8,9). The van der Waals surface area contributed by atoms with Crippen LogP contribution in [-0.4, -0.2) is 51.8 Å². The molecule has 3 N–H and O–H groups in total. The van der Waals surface area contributed by atoms with Gasteiger partial charge in [-0.1, -0.05) is 31.4 Å². The number of carbonyl (C=O) groups excluding carboxylic acids is 2. The lowest BCUT2D eigenvalue weighted by atomic mass is 9.76. The van der Waals surface area contributed by atoms with Crippen molar-refractivity contribution in [1.82, 2.24) is 5.32 Å². The second-order valence-electron chi connectivity index (χ2n) is 10.9. The maximum atomic E-state index is 13.1. The van der Waals surface area contributed by atoms with E-state index in [-0.39, 0.29) is 50.5 Å². The number of non-ortho nitro benzene ring substituents is 1.